The number of hydrogen-bond acceptors (Lipinski definition) is 3. The van der Waals surface area contributed by atoms with Gasteiger partial charge >= 0.3 is 12.0 Å². The van der Waals surface area contributed by atoms with Gasteiger partial charge in [0, 0.05) is 24.8 Å². The summed E-state index contributed by atoms with van der Waals surface area (Å²) in [5, 5.41) is 16.5. The van der Waals surface area contributed by atoms with E-state index in [9.17, 15) is 14.4 Å². The van der Waals surface area contributed by atoms with Crippen LogP contribution in [0.1, 0.15) is 20.3 Å². The third-order valence-corrected chi connectivity index (χ3v) is 2.75. The highest BCUT2D eigenvalue weighted by molar-refractivity contribution is 5.91. The van der Waals surface area contributed by atoms with Crippen molar-refractivity contribution >= 4 is 29.3 Å². The number of benzene rings is 1. The van der Waals surface area contributed by atoms with Crippen molar-refractivity contribution in [1.29, 1.82) is 0 Å². The summed E-state index contributed by atoms with van der Waals surface area (Å²) in [6, 6.07) is 6.25. The second kappa shape index (κ2) is 7.88. The highest BCUT2D eigenvalue weighted by Crippen LogP contribution is 2.13. The Balaban J connectivity index is 2.37. The van der Waals surface area contributed by atoms with Crippen molar-refractivity contribution in [1.82, 2.24) is 5.32 Å². The Kier molecular flexibility index (Phi) is 6.19. The zero-order valence-corrected chi connectivity index (χ0v) is 12.0. The van der Waals surface area contributed by atoms with Gasteiger partial charge in [-0.05, 0) is 30.7 Å². The number of anilines is 2. The van der Waals surface area contributed by atoms with Crippen molar-refractivity contribution in [3.05, 3.63) is 24.3 Å². The van der Waals surface area contributed by atoms with E-state index in [0.717, 1.165) is 0 Å². The number of urea groups is 1. The van der Waals surface area contributed by atoms with Gasteiger partial charge < -0.3 is 21.1 Å². The van der Waals surface area contributed by atoms with E-state index in [-0.39, 0.29) is 12.5 Å². The SMILES string of the molecule is CC(=O)Nc1ccc(NC(=O)NCCC(C)C(=O)O)cc1. The predicted molar refractivity (Wildman–Crippen MR) is 79.2 cm³/mol. The minimum Gasteiger partial charge on any atom is -0.481 e. The number of hydrogen-bond donors (Lipinski definition) is 4. The molecule has 0 spiro atoms. The third-order valence-electron chi connectivity index (χ3n) is 2.75. The van der Waals surface area contributed by atoms with Gasteiger partial charge in [0.2, 0.25) is 5.91 Å². The molecule has 1 rings (SSSR count). The van der Waals surface area contributed by atoms with Crippen LogP contribution in [-0.2, 0) is 9.59 Å². The molecule has 7 heteroatoms. The van der Waals surface area contributed by atoms with Crippen molar-refractivity contribution in [2.24, 2.45) is 5.92 Å². The molecule has 0 saturated heterocycles. The molecular weight excluding hydrogens is 274 g/mol. The van der Waals surface area contributed by atoms with Crippen molar-refractivity contribution < 1.29 is 19.5 Å². The molecular formula is C14H19N3O4. The van der Waals surface area contributed by atoms with E-state index in [2.05, 4.69) is 16.0 Å². The Labute approximate surface area is 122 Å². The van der Waals surface area contributed by atoms with Gasteiger partial charge in [-0.1, -0.05) is 6.92 Å². The fourth-order valence-corrected chi connectivity index (χ4v) is 1.54. The van der Waals surface area contributed by atoms with Crippen LogP contribution in [0.4, 0.5) is 16.2 Å². The van der Waals surface area contributed by atoms with Crippen molar-refractivity contribution in [3.63, 3.8) is 0 Å². The van der Waals surface area contributed by atoms with Crippen molar-refractivity contribution in [2.45, 2.75) is 20.3 Å². The molecule has 0 radical (unpaired) electrons. The van der Waals surface area contributed by atoms with Crippen molar-refractivity contribution in [2.75, 3.05) is 17.2 Å². The maximum Gasteiger partial charge on any atom is 0.319 e. The summed E-state index contributed by atoms with van der Waals surface area (Å²) < 4.78 is 0. The van der Waals surface area contributed by atoms with Crippen LogP contribution in [0.15, 0.2) is 24.3 Å². The summed E-state index contributed by atoms with van der Waals surface area (Å²) in [6.45, 7) is 3.28. The summed E-state index contributed by atoms with van der Waals surface area (Å²) in [5.74, 6) is -1.55. The van der Waals surface area contributed by atoms with Crippen LogP contribution in [0.5, 0.6) is 0 Å². The zero-order chi connectivity index (χ0) is 15.8. The van der Waals surface area contributed by atoms with Gasteiger partial charge in [-0.15, -0.1) is 0 Å². The lowest BCUT2D eigenvalue weighted by atomic mass is 10.1. The van der Waals surface area contributed by atoms with Gasteiger partial charge in [-0.2, -0.15) is 0 Å². The molecule has 1 aromatic rings. The third kappa shape index (κ3) is 6.42. The molecule has 4 N–H and O–H groups in total. The fraction of sp³-hybridized carbons (Fsp3) is 0.357. The lowest BCUT2D eigenvalue weighted by molar-refractivity contribution is -0.141. The molecule has 0 fully saturated rings. The minimum atomic E-state index is -0.884. The molecule has 0 aromatic heterocycles. The number of amides is 3. The van der Waals surface area contributed by atoms with E-state index in [1.54, 1.807) is 31.2 Å². The Morgan fingerprint density at radius 1 is 1.10 bits per heavy atom. The Bertz CT molecular complexity index is 513. The van der Waals surface area contributed by atoms with Gasteiger partial charge in [0.05, 0.1) is 5.92 Å². The molecule has 0 aliphatic rings. The summed E-state index contributed by atoms with van der Waals surface area (Å²) in [6.07, 6.45) is 0.365. The summed E-state index contributed by atoms with van der Waals surface area (Å²) >= 11 is 0. The quantitative estimate of drug-likeness (QED) is 0.642. The molecule has 1 atom stereocenters. The van der Waals surface area contributed by atoms with Gasteiger partial charge in [0.15, 0.2) is 0 Å². The Hall–Kier alpha value is -2.57. The van der Waals surface area contributed by atoms with E-state index in [1.165, 1.54) is 6.92 Å². The first-order valence-corrected chi connectivity index (χ1v) is 6.54. The standard InChI is InChI=1S/C14H19N3O4/c1-9(13(19)20)7-8-15-14(21)17-12-5-3-11(4-6-12)16-10(2)18/h3-6,9H,7-8H2,1-2H3,(H,16,18)(H,19,20)(H2,15,17,21). The molecule has 3 amide bonds. The van der Waals surface area contributed by atoms with Crippen LogP contribution in [-0.4, -0.2) is 29.6 Å². The topological polar surface area (TPSA) is 108 Å². The molecule has 0 heterocycles. The highest BCUT2D eigenvalue weighted by atomic mass is 16.4. The van der Waals surface area contributed by atoms with E-state index >= 15 is 0 Å². The molecule has 21 heavy (non-hydrogen) atoms. The van der Waals surface area contributed by atoms with Crippen LogP contribution in [0.3, 0.4) is 0 Å². The number of carboxylic acids is 1. The summed E-state index contributed by atoms with van der Waals surface area (Å²) in [4.78, 5) is 33.1. The normalized spacial score (nSPS) is 11.3. The maximum atomic E-state index is 11.6. The van der Waals surface area contributed by atoms with Gasteiger partial charge in [-0.3, -0.25) is 9.59 Å². The van der Waals surface area contributed by atoms with Gasteiger partial charge in [0.1, 0.15) is 0 Å². The van der Waals surface area contributed by atoms with E-state index in [1.807, 2.05) is 0 Å². The lowest BCUT2D eigenvalue weighted by Crippen LogP contribution is -2.31. The second-order valence-electron chi connectivity index (χ2n) is 4.67. The van der Waals surface area contributed by atoms with Crippen LogP contribution < -0.4 is 16.0 Å². The molecule has 114 valence electrons. The van der Waals surface area contributed by atoms with E-state index in [4.69, 9.17) is 5.11 Å². The van der Waals surface area contributed by atoms with Crippen LogP contribution in [0.2, 0.25) is 0 Å². The molecule has 0 aliphatic carbocycles. The Morgan fingerprint density at radius 3 is 2.10 bits per heavy atom. The first-order valence-electron chi connectivity index (χ1n) is 6.54. The molecule has 1 unspecified atom stereocenters. The fourth-order valence-electron chi connectivity index (χ4n) is 1.54. The maximum absolute atomic E-state index is 11.6. The average molecular weight is 293 g/mol. The number of carboxylic acid groups (broad SMARTS) is 1. The first kappa shape index (κ1) is 16.5. The average Bonchev–Trinajstić information content (AvgIpc) is 2.40. The lowest BCUT2D eigenvalue weighted by Gasteiger charge is -2.10. The molecule has 0 bridgehead atoms. The smallest absolute Gasteiger partial charge is 0.319 e. The zero-order valence-electron chi connectivity index (χ0n) is 12.0. The molecule has 7 nitrogen and oxygen atoms in total. The van der Waals surface area contributed by atoms with Crippen molar-refractivity contribution in [3.8, 4) is 0 Å². The number of aliphatic carboxylic acids is 1. The van der Waals surface area contributed by atoms with Crippen LogP contribution in [0, 0.1) is 5.92 Å². The molecule has 0 aliphatic heterocycles. The number of rotatable bonds is 6. The molecule has 0 saturated carbocycles. The summed E-state index contributed by atoms with van der Waals surface area (Å²) in [7, 11) is 0. The number of nitrogens with one attached hydrogen (secondary N) is 3. The summed E-state index contributed by atoms with van der Waals surface area (Å²) in [5.41, 5.74) is 1.22. The van der Waals surface area contributed by atoms with Crippen LogP contribution in [0.25, 0.3) is 0 Å². The number of carbonyl (C=O) groups is 3. The monoisotopic (exact) mass is 293 g/mol. The Morgan fingerprint density at radius 2 is 1.62 bits per heavy atom. The van der Waals surface area contributed by atoms with Crippen LogP contribution >= 0.6 is 0 Å². The van der Waals surface area contributed by atoms with E-state index in [0.29, 0.717) is 17.8 Å². The van der Waals surface area contributed by atoms with E-state index < -0.39 is 17.9 Å². The first-order chi connectivity index (χ1) is 9.88. The van der Waals surface area contributed by atoms with Gasteiger partial charge in [0.25, 0.3) is 0 Å². The molecule has 1 aromatic carbocycles. The largest absolute Gasteiger partial charge is 0.481 e. The second-order valence-corrected chi connectivity index (χ2v) is 4.67. The highest BCUT2D eigenvalue weighted by Gasteiger charge is 2.10. The predicted octanol–water partition coefficient (Wildman–Crippen LogP) is 1.88. The minimum absolute atomic E-state index is 0.166. The number of carbonyl (C=O) groups excluding carboxylic acids is 2. The van der Waals surface area contributed by atoms with Gasteiger partial charge in [-0.25, -0.2) is 4.79 Å².